The topological polar surface area (TPSA) is 146 Å². The first kappa shape index (κ1) is 42.8. The molecule has 6 aliphatic carbocycles. The van der Waals surface area contributed by atoms with E-state index in [-0.39, 0.29) is 87.9 Å². The van der Waals surface area contributed by atoms with Crippen molar-refractivity contribution in [2.45, 2.75) is 165 Å². The number of rotatable bonds is 10. The molecule has 1 amide bonds. The first-order chi connectivity index (χ1) is 28.0. The van der Waals surface area contributed by atoms with Gasteiger partial charge in [-0.05, 0) is 115 Å². The minimum atomic E-state index is -1.04. The Morgan fingerprint density at radius 3 is 2.35 bits per heavy atom. The lowest BCUT2D eigenvalue weighted by Crippen LogP contribution is -2.67. The normalized spacial score (nSPS) is 37.9. The predicted octanol–water partition coefficient (Wildman–Crippen LogP) is 8.68. The van der Waals surface area contributed by atoms with Crippen molar-refractivity contribution >= 4 is 35.6 Å². The van der Waals surface area contributed by atoms with E-state index in [9.17, 15) is 24.0 Å². The number of aromatic nitrogens is 3. The van der Waals surface area contributed by atoms with Crippen LogP contribution in [0.2, 0.25) is 0 Å². The van der Waals surface area contributed by atoms with E-state index in [1.165, 1.54) is 11.8 Å². The van der Waals surface area contributed by atoms with E-state index in [1.54, 1.807) is 23.0 Å². The van der Waals surface area contributed by atoms with Gasteiger partial charge in [-0.15, -0.1) is 0 Å². The van der Waals surface area contributed by atoms with Gasteiger partial charge < -0.3 is 14.8 Å². The lowest BCUT2D eigenvalue weighted by Gasteiger charge is -2.72. The Morgan fingerprint density at radius 2 is 1.67 bits per heavy atom. The maximum atomic E-state index is 14.6. The average molecular weight is 825 g/mol. The fourth-order valence-corrected chi connectivity index (χ4v) is 14.7. The maximum Gasteiger partial charge on any atom is 0.310 e. The SMILES string of the molecule is CC(C)C1=C2[C@H]3CC[C@@H]4[C@@]5(C)CC[C@H](OC(=O)[C@H]6C[C@@H](OC=O)C6(C)C)C(C)(C)[C@@H]5CC[C@@]4(C)[C@]3(C)CC[C@@]2(NC(=O)C(C)(C)CC(=O)c2cnn3cccnc23)CC1=O. The molecule has 5 saturated carbocycles. The molecular weight excluding hydrogens is 757 g/mol. The molecule has 326 valence electrons. The van der Waals surface area contributed by atoms with Gasteiger partial charge in [0.2, 0.25) is 5.91 Å². The van der Waals surface area contributed by atoms with Crippen LogP contribution in [-0.2, 0) is 28.7 Å². The molecule has 1 N–H and O–H groups in total. The van der Waals surface area contributed by atoms with Crippen LogP contribution in [0.15, 0.2) is 35.8 Å². The van der Waals surface area contributed by atoms with Crippen molar-refractivity contribution in [1.29, 1.82) is 0 Å². The molecule has 2 aromatic heterocycles. The second-order valence-corrected chi connectivity index (χ2v) is 22.8. The number of carbonyl (C=O) groups is 5. The predicted molar refractivity (Wildman–Crippen MR) is 226 cm³/mol. The van der Waals surface area contributed by atoms with E-state index in [0.29, 0.717) is 42.4 Å². The van der Waals surface area contributed by atoms with E-state index in [4.69, 9.17) is 9.47 Å². The number of fused-ring (bicyclic) bond motifs is 8. The molecule has 0 spiro atoms. The minimum absolute atomic E-state index is 0.00467. The minimum Gasteiger partial charge on any atom is -0.464 e. The molecule has 6 aliphatic rings. The lowest BCUT2D eigenvalue weighted by atomic mass is 9.33. The van der Waals surface area contributed by atoms with Crippen LogP contribution in [0.1, 0.15) is 157 Å². The van der Waals surface area contributed by atoms with Crippen LogP contribution in [0, 0.1) is 62.1 Å². The first-order valence-electron chi connectivity index (χ1n) is 22.7. The van der Waals surface area contributed by atoms with E-state index in [0.717, 1.165) is 50.5 Å². The second-order valence-electron chi connectivity index (χ2n) is 22.8. The number of hydrogen-bond acceptors (Lipinski definition) is 9. The molecule has 0 radical (unpaired) electrons. The van der Waals surface area contributed by atoms with Crippen LogP contribution in [0.5, 0.6) is 0 Å². The van der Waals surface area contributed by atoms with Crippen LogP contribution < -0.4 is 5.32 Å². The largest absolute Gasteiger partial charge is 0.464 e. The molecule has 60 heavy (non-hydrogen) atoms. The maximum absolute atomic E-state index is 14.6. The molecule has 0 saturated heterocycles. The summed E-state index contributed by atoms with van der Waals surface area (Å²) < 4.78 is 13.3. The van der Waals surface area contributed by atoms with Crippen LogP contribution in [0.4, 0.5) is 0 Å². The Morgan fingerprint density at radius 1 is 0.933 bits per heavy atom. The fraction of sp³-hybridized carbons (Fsp3) is 0.735. The zero-order valence-corrected chi connectivity index (χ0v) is 37.9. The third kappa shape index (κ3) is 6.03. The van der Waals surface area contributed by atoms with E-state index in [2.05, 4.69) is 63.9 Å². The van der Waals surface area contributed by atoms with Gasteiger partial charge in [-0.3, -0.25) is 24.0 Å². The van der Waals surface area contributed by atoms with E-state index in [1.807, 2.05) is 27.7 Å². The molecule has 11 nitrogen and oxygen atoms in total. The summed E-state index contributed by atoms with van der Waals surface area (Å²) in [5.74, 6) is 0.289. The summed E-state index contributed by atoms with van der Waals surface area (Å²) in [5.41, 5.74) is 0.400. The highest BCUT2D eigenvalue weighted by molar-refractivity contribution is 6.05. The summed E-state index contributed by atoms with van der Waals surface area (Å²) in [6, 6.07) is 1.76. The number of carbonyl (C=O) groups excluding carboxylic acids is 5. The zero-order valence-electron chi connectivity index (χ0n) is 37.9. The summed E-state index contributed by atoms with van der Waals surface area (Å²) in [6.45, 7) is 24.5. The van der Waals surface area contributed by atoms with Gasteiger partial charge in [0.05, 0.1) is 28.6 Å². The Bertz CT molecular complexity index is 2170. The summed E-state index contributed by atoms with van der Waals surface area (Å²) >= 11 is 0. The van der Waals surface area contributed by atoms with Crippen molar-refractivity contribution in [2.24, 2.45) is 62.1 Å². The molecule has 2 aromatic rings. The molecule has 0 bridgehead atoms. The van der Waals surface area contributed by atoms with Crippen LogP contribution >= 0.6 is 0 Å². The number of hydrogen-bond donors (Lipinski definition) is 1. The smallest absolute Gasteiger partial charge is 0.310 e. The average Bonchev–Trinajstić information content (AvgIpc) is 3.73. The third-order valence-electron chi connectivity index (χ3n) is 18.5. The number of amides is 1. The molecule has 10 atom stereocenters. The Balaban J connectivity index is 1.04. The van der Waals surface area contributed by atoms with E-state index < -0.39 is 16.4 Å². The molecule has 0 aromatic carbocycles. The number of Topliss-reactive ketones (excluding diaryl/α,β-unsaturated/α-hetero) is 2. The van der Waals surface area contributed by atoms with E-state index >= 15 is 0 Å². The summed E-state index contributed by atoms with van der Waals surface area (Å²) in [6.07, 6.45) is 12.7. The fourth-order valence-electron chi connectivity index (χ4n) is 14.7. The number of esters is 1. The molecule has 5 fully saturated rings. The first-order valence-corrected chi connectivity index (χ1v) is 22.7. The van der Waals surface area contributed by atoms with Crippen molar-refractivity contribution in [3.05, 3.63) is 41.4 Å². The molecular formula is C49H68N4O7. The Labute approximate surface area is 356 Å². The lowest BCUT2D eigenvalue weighted by molar-refractivity contribution is -0.236. The number of nitrogens with one attached hydrogen (secondary N) is 1. The summed E-state index contributed by atoms with van der Waals surface area (Å²) in [7, 11) is 0. The number of ether oxygens (including phenoxy) is 2. The number of ketones is 2. The summed E-state index contributed by atoms with van der Waals surface area (Å²) in [5, 5.41) is 7.81. The van der Waals surface area contributed by atoms with Crippen LogP contribution in [0.25, 0.3) is 5.65 Å². The standard InChI is InChI=1S/C49H68N4O7/c1-28(2)38-33(56)25-49(52-42(58)43(3,4)24-32(55)29-26-51-53-22-12-21-50-40(29)53)20-19-47(10)30(39(38)49)13-14-35-46(9)17-16-36(45(7,8)34(46)15-18-48(35,47)11)60-41(57)31-23-37(59-27-54)44(31,5)6/h12,21-22,26-28,30-31,34-37H,13-20,23-25H2,1-11H3,(H,52,58)/t30-,31-,34+,35-,36+,37-,46+,47-,48-,49-/m1/s1. The zero-order chi connectivity index (χ0) is 43.6. The highest BCUT2D eigenvalue weighted by atomic mass is 16.6. The highest BCUT2D eigenvalue weighted by Gasteiger charge is 2.70. The van der Waals surface area contributed by atoms with Gasteiger partial charge in [0.15, 0.2) is 17.2 Å². The third-order valence-corrected chi connectivity index (χ3v) is 18.5. The Hall–Kier alpha value is -3.89. The van der Waals surface area contributed by atoms with Gasteiger partial charge in [-0.2, -0.15) is 5.10 Å². The van der Waals surface area contributed by atoms with Gasteiger partial charge in [0.1, 0.15) is 12.2 Å². The van der Waals surface area contributed by atoms with Gasteiger partial charge >= 0.3 is 5.97 Å². The highest BCUT2D eigenvalue weighted by Crippen LogP contribution is 2.76. The molecule has 8 rings (SSSR count). The molecule has 0 aliphatic heterocycles. The summed E-state index contributed by atoms with van der Waals surface area (Å²) in [4.78, 5) is 71.6. The Kier molecular flexibility index (Phi) is 10.0. The van der Waals surface area contributed by atoms with Gasteiger partial charge in [-0.1, -0.05) is 76.2 Å². The number of allylic oxidation sites excluding steroid dienone is 1. The van der Waals surface area contributed by atoms with Crippen molar-refractivity contribution in [3.8, 4) is 0 Å². The molecule has 0 unspecified atom stereocenters. The monoisotopic (exact) mass is 825 g/mol. The van der Waals surface area contributed by atoms with Gasteiger partial charge in [-0.25, -0.2) is 9.50 Å². The van der Waals surface area contributed by atoms with Gasteiger partial charge in [0, 0.05) is 36.1 Å². The van der Waals surface area contributed by atoms with Crippen molar-refractivity contribution < 1.29 is 33.4 Å². The van der Waals surface area contributed by atoms with Crippen molar-refractivity contribution in [3.63, 3.8) is 0 Å². The molecule has 11 heteroatoms. The van der Waals surface area contributed by atoms with Crippen LogP contribution in [0.3, 0.4) is 0 Å². The van der Waals surface area contributed by atoms with Gasteiger partial charge in [0.25, 0.3) is 6.47 Å². The van der Waals surface area contributed by atoms with Crippen molar-refractivity contribution in [1.82, 2.24) is 19.9 Å². The number of nitrogens with zero attached hydrogens (tertiary/aromatic N) is 3. The van der Waals surface area contributed by atoms with Crippen molar-refractivity contribution in [2.75, 3.05) is 0 Å². The molecule has 2 heterocycles. The quantitative estimate of drug-likeness (QED) is 0.141. The van der Waals surface area contributed by atoms with Crippen LogP contribution in [-0.4, -0.2) is 62.3 Å². The second kappa shape index (κ2) is 14.1.